The number of halogens is 1. The van der Waals surface area contributed by atoms with Gasteiger partial charge in [-0.3, -0.25) is 0 Å². The van der Waals surface area contributed by atoms with Gasteiger partial charge >= 0.3 is 0 Å². The molecule has 0 unspecified atom stereocenters. The second-order valence-corrected chi connectivity index (χ2v) is 7.61. The zero-order chi connectivity index (χ0) is 19.3. The summed E-state index contributed by atoms with van der Waals surface area (Å²) in [6.07, 6.45) is 0. The molecule has 140 valence electrons. The molecule has 2 aromatic rings. The standard InChI is InChI=1S/C18H20FNO5S/c1-12(2)14-5-3-4-6-16(14)25-10-9-20-26(23,24)17-11-13(18(21)22)7-8-15(17)19/h3-8,11-12,20H,9-10H2,1-2H3,(H,21,22)/p-1. The predicted octanol–water partition coefficient (Wildman–Crippen LogP) is 1.67. The van der Waals surface area contributed by atoms with Crippen LogP contribution in [0.1, 0.15) is 35.7 Å². The van der Waals surface area contributed by atoms with E-state index in [-0.39, 0.29) is 19.1 Å². The lowest BCUT2D eigenvalue weighted by atomic mass is 10.0. The Kier molecular flexibility index (Phi) is 6.33. The number of hydrogen-bond acceptors (Lipinski definition) is 5. The van der Waals surface area contributed by atoms with Gasteiger partial charge in [0.05, 0.1) is 5.97 Å². The Morgan fingerprint density at radius 1 is 1.23 bits per heavy atom. The number of aromatic carboxylic acids is 1. The third-order valence-electron chi connectivity index (χ3n) is 3.65. The summed E-state index contributed by atoms with van der Waals surface area (Å²) in [5.41, 5.74) is 0.567. The molecule has 0 aliphatic rings. The van der Waals surface area contributed by atoms with Crippen molar-refractivity contribution in [2.45, 2.75) is 24.7 Å². The summed E-state index contributed by atoms with van der Waals surface area (Å²) in [4.78, 5) is 10.1. The first-order valence-corrected chi connectivity index (χ1v) is 9.43. The van der Waals surface area contributed by atoms with Gasteiger partial charge in [0.25, 0.3) is 0 Å². The van der Waals surface area contributed by atoms with Gasteiger partial charge in [0.15, 0.2) is 0 Å². The molecule has 0 bridgehead atoms. The zero-order valence-corrected chi connectivity index (χ0v) is 15.2. The molecule has 0 spiro atoms. The van der Waals surface area contributed by atoms with Gasteiger partial charge in [-0.15, -0.1) is 0 Å². The fourth-order valence-corrected chi connectivity index (χ4v) is 3.45. The van der Waals surface area contributed by atoms with Crippen LogP contribution in [0.2, 0.25) is 0 Å². The van der Waals surface area contributed by atoms with E-state index in [9.17, 15) is 22.7 Å². The quantitative estimate of drug-likeness (QED) is 0.703. The molecule has 0 heterocycles. The fourth-order valence-electron chi connectivity index (χ4n) is 2.34. The van der Waals surface area contributed by atoms with Gasteiger partial charge < -0.3 is 14.6 Å². The molecule has 0 atom stereocenters. The summed E-state index contributed by atoms with van der Waals surface area (Å²) < 4.78 is 46.0. The van der Waals surface area contributed by atoms with Crippen molar-refractivity contribution in [1.82, 2.24) is 4.72 Å². The van der Waals surface area contributed by atoms with Gasteiger partial charge in [-0.05, 0) is 35.2 Å². The highest BCUT2D eigenvalue weighted by Gasteiger charge is 2.19. The predicted molar refractivity (Wildman–Crippen MR) is 91.9 cm³/mol. The minimum Gasteiger partial charge on any atom is -0.545 e. The first kappa shape index (κ1) is 19.9. The number of carbonyl (C=O) groups excluding carboxylic acids is 1. The monoisotopic (exact) mass is 380 g/mol. The van der Waals surface area contributed by atoms with Crippen LogP contribution in [-0.4, -0.2) is 27.5 Å². The SMILES string of the molecule is CC(C)c1ccccc1OCCNS(=O)(=O)c1cc(C(=O)[O-])ccc1F. The molecule has 2 rings (SSSR count). The average Bonchev–Trinajstić information content (AvgIpc) is 2.59. The van der Waals surface area contributed by atoms with Crippen LogP contribution in [0.25, 0.3) is 0 Å². The van der Waals surface area contributed by atoms with E-state index < -0.39 is 32.3 Å². The van der Waals surface area contributed by atoms with Crippen molar-refractivity contribution < 1.29 is 27.4 Å². The van der Waals surface area contributed by atoms with E-state index in [1.807, 2.05) is 32.0 Å². The van der Waals surface area contributed by atoms with Crippen molar-refractivity contribution in [2.24, 2.45) is 0 Å². The van der Waals surface area contributed by atoms with Gasteiger partial charge in [0, 0.05) is 6.54 Å². The molecular weight excluding hydrogens is 361 g/mol. The summed E-state index contributed by atoms with van der Waals surface area (Å²) in [7, 11) is -4.22. The van der Waals surface area contributed by atoms with Crippen LogP contribution in [-0.2, 0) is 10.0 Å². The van der Waals surface area contributed by atoms with Crippen molar-refractivity contribution in [1.29, 1.82) is 0 Å². The first-order chi connectivity index (χ1) is 12.2. The van der Waals surface area contributed by atoms with Crippen molar-refractivity contribution in [3.8, 4) is 5.75 Å². The number of nitrogens with one attached hydrogen (secondary N) is 1. The Hall–Kier alpha value is -2.45. The van der Waals surface area contributed by atoms with E-state index >= 15 is 0 Å². The van der Waals surface area contributed by atoms with E-state index in [0.29, 0.717) is 5.75 Å². The zero-order valence-electron chi connectivity index (χ0n) is 14.4. The van der Waals surface area contributed by atoms with Crippen LogP contribution in [0.4, 0.5) is 4.39 Å². The molecule has 6 nitrogen and oxygen atoms in total. The molecular formula is C18H19FNO5S-. The lowest BCUT2D eigenvalue weighted by Crippen LogP contribution is -2.30. The number of ether oxygens (including phenoxy) is 1. The topological polar surface area (TPSA) is 95.5 Å². The largest absolute Gasteiger partial charge is 0.545 e. The number of hydrogen-bond donors (Lipinski definition) is 1. The summed E-state index contributed by atoms with van der Waals surface area (Å²) in [5.74, 6) is -1.75. The molecule has 2 aromatic carbocycles. The molecule has 0 radical (unpaired) electrons. The van der Waals surface area contributed by atoms with Crippen LogP contribution in [0.3, 0.4) is 0 Å². The lowest BCUT2D eigenvalue weighted by Gasteiger charge is -2.14. The minimum absolute atomic E-state index is 0.0325. The number of rotatable bonds is 8. The van der Waals surface area contributed by atoms with E-state index in [2.05, 4.69) is 4.72 Å². The first-order valence-electron chi connectivity index (χ1n) is 7.94. The van der Waals surface area contributed by atoms with Crippen molar-refractivity contribution in [2.75, 3.05) is 13.2 Å². The van der Waals surface area contributed by atoms with Gasteiger partial charge in [-0.25, -0.2) is 17.5 Å². The minimum atomic E-state index is -4.22. The van der Waals surface area contributed by atoms with Gasteiger partial charge in [-0.2, -0.15) is 0 Å². The number of carboxylic acids is 1. The molecule has 1 N–H and O–H groups in total. The van der Waals surface area contributed by atoms with E-state index in [1.165, 1.54) is 0 Å². The Bertz CT molecular complexity index is 896. The molecule has 0 amide bonds. The van der Waals surface area contributed by atoms with E-state index in [4.69, 9.17) is 4.74 Å². The number of carbonyl (C=O) groups is 1. The highest BCUT2D eigenvalue weighted by molar-refractivity contribution is 7.89. The van der Waals surface area contributed by atoms with Crippen LogP contribution in [0.5, 0.6) is 5.75 Å². The number of benzene rings is 2. The number of carboxylic acid groups (broad SMARTS) is 1. The summed E-state index contributed by atoms with van der Waals surface area (Å²) in [6, 6.07) is 9.84. The molecule has 0 saturated carbocycles. The van der Waals surface area contributed by atoms with Gasteiger partial charge in [0.1, 0.15) is 23.1 Å². The molecule has 0 aromatic heterocycles. The Morgan fingerprint density at radius 3 is 2.58 bits per heavy atom. The molecule has 26 heavy (non-hydrogen) atoms. The molecule has 0 aliphatic heterocycles. The number of sulfonamides is 1. The summed E-state index contributed by atoms with van der Waals surface area (Å²) >= 11 is 0. The van der Waals surface area contributed by atoms with Crippen molar-refractivity contribution >= 4 is 16.0 Å². The Balaban J connectivity index is 2.04. The number of para-hydroxylation sites is 1. The Morgan fingerprint density at radius 2 is 1.92 bits per heavy atom. The highest BCUT2D eigenvalue weighted by Crippen LogP contribution is 2.25. The molecule has 0 aliphatic carbocycles. The van der Waals surface area contributed by atoms with E-state index in [0.717, 1.165) is 23.8 Å². The Labute approximate surface area is 151 Å². The average molecular weight is 380 g/mol. The van der Waals surface area contributed by atoms with Crippen LogP contribution < -0.4 is 14.6 Å². The second kappa shape index (κ2) is 8.29. The fraction of sp³-hybridized carbons (Fsp3) is 0.278. The highest BCUT2D eigenvalue weighted by atomic mass is 32.2. The smallest absolute Gasteiger partial charge is 0.243 e. The van der Waals surface area contributed by atoms with Gasteiger partial charge in [0.2, 0.25) is 10.0 Å². The van der Waals surface area contributed by atoms with E-state index in [1.54, 1.807) is 6.07 Å². The molecule has 0 saturated heterocycles. The molecule has 8 heteroatoms. The van der Waals surface area contributed by atoms with Crippen LogP contribution in [0.15, 0.2) is 47.4 Å². The van der Waals surface area contributed by atoms with Crippen LogP contribution in [0, 0.1) is 5.82 Å². The third-order valence-corrected chi connectivity index (χ3v) is 5.13. The maximum atomic E-state index is 13.8. The van der Waals surface area contributed by atoms with Crippen molar-refractivity contribution in [3.05, 3.63) is 59.4 Å². The summed E-state index contributed by atoms with van der Waals surface area (Å²) in [5, 5.41) is 10.8. The second-order valence-electron chi connectivity index (χ2n) is 5.87. The normalized spacial score (nSPS) is 11.5. The lowest BCUT2D eigenvalue weighted by molar-refractivity contribution is -0.255. The summed E-state index contributed by atoms with van der Waals surface area (Å²) in [6.45, 7) is 3.95. The van der Waals surface area contributed by atoms with Crippen molar-refractivity contribution in [3.63, 3.8) is 0 Å². The molecule has 0 fully saturated rings. The maximum Gasteiger partial charge on any atom is 0.243 e. The van der Waals surface area contributed by atoms with Crippen LogP contribution >= 0.6 is 0 Å². The van der Waals surface area contributed by atoms with Gasteiger partial charge in [-0.1, -0.05) is 38.1 Å². The maximum absolute atomic E-state index is 13.8. The third kappa shape index (κ3) is 4.80.